The number of hydrogen-bond acceptors (Lipinski definition) is 2. The number of amides is 1. The van der Waals surface area contributed by atoms with Gasteiger partial charge in [0.2, 0.25) is 0 Å². The van der Waals surface area contributed by atoms with Crippen molar-refractivity contribution in [2.75, 3.05) is 5.32 Å². The van der Waals surface area contributed by atoms with Gasteiger partial charge in [0.25, 0.3) is 5.91 Å². The normalized spacial score (nSPS) is 11.8. The molecule has 0 aliphatic heterocycles. The number of alkyl halides is 3. The van der Waals surface area contributed by atoms with Gasteiger partial charge in [-0.05, 0) is 35.9 Å². The molecule has 25 heavy (non-hydrogen) atoms. The van der Waals surface area contributed by atoms with Crippen LogP contribution >= 0.6 is 23.2 Å². The third-order valence-corrected chi connectivity index (χ3v) is 3.93. The van der Waals surface area contributed by atoms with E-state index in [1.165, 1.54) is 30.3 Å². The fraction of sp³-hybridized carbons (Fsp3) is 0.0588. The third kappa shape index (κ3) is 4.75. The Morgan fingerprint density at radius 1 is 1.12 bits per heavy atom. The summed E-state index contributed by atoms with van der Waals surface area (Å²) in [6.45, 7) is 0. The van der Waals surface area contributed by atoms with Crippen molar-refractivity contribution in [3.05, 3.63) is 69.2 Å². The molecule has 0 radical (unpaired) electrons. The first-order valence-electron chi connectivity index (χ1n) is 6.77. The second-order valence-corrected chi connectivity index (χ2v) is 5.63. The summed E-state index contributed by atoms with van der Waals surface area (Å²) in [5, 5.41) is 11.9. The molecule has 0 atom stereocenters. The molecule has 0 spiro atoms. The Balaban J connectivity index is 2.24. The minimum absolute atomic E-state index is 0.115. The van der Waals surface area contributed by atoms with Gasteiger partial charge in [-0.3, -0.25) is 4.79 Å². The van der Waals surface area contributed by atoms with Crippen molar-refractivity contribution in [3.8, 4) is 6.07 Å². The first kappa shape index (κ1) is 18.8. The quantitative estimate of drug-likeness (QED) is 0.556. The fourth-order valence-corrected chi connectivity index (χ4v) is 2.22. The van der Waals surface area contributed by atoms with Crippen molar-refractivity contribution in [2.45, 2.75) is 6.18 Å². The largest absolute Gasteiger partial charge is 0.416 e. The van der Waals surface area contributed by atoms with Crippen molar-refractivity contribution < 1.29 is 18.0 Å². The molecular weight excluding hydrogens is 376 g/mol. The van der Waals surface area contributed by atoms with E-state index in [0.717, 1.165) is 12.1 Å². The van der Waals surface area contributed by atoms with Crippen molar-refractivity contribution in [1.29, 1.82) is 5.26 Å². The van der Waals surface area contributed by atoms with E-state index >= 15 is 0 Å². The Bertz CT molecular complexity index is 869. The number of anilines is 1. The molecule has 8 heteroatoms. The molecule has 2 aromatic carbocycles. The zero-order chi connectivity index (χ0) is 18.6. The first-order chi connectivity index (χ1) is 11.7. The van der Waals surface area contributed by atoms with Crippen LogP contribution in [0.3, 0.4) is 0 Å². The Morgan fingerprint density at radius 2 is 1.76 bits per heavy atom. The van der Waals surface area contributed by atoms with Crippen molar-refractivity contribution >= 4 is 40.9 Å². The van der Waals surface area contributed by atoms with Crippen LogP contribution in [0.25, 0.3) is 6.08 Å². The average molecular weight is 385 g/mol. The predicted molar refractivity (Wildman–Crippen MR) is 90.1 cm³/mol. The highest BCUT2D eigenvalue weighted by molar-refractivity contribution is 6.44. The number of rotatable bonds is 3. The van der Waals surface area contributed by atoms with Crippen molar-refractivity contribution in [3.63, 3.8) is 0 Å². The molecule has 0 unspecified atom stereocenters. The summed E-state index contributed by atoms with van der Waals surface area (Å²) in [7, 11) is 0. The Morgan fingerprint density at radius 3 is 2.32 bits per heavy atom. The lowest BCUT2D eigenvalue weighted by Gasteiger charge is -2.08. The van der Waals surface area contributed by atoms with Gasteiger partial charge in [0, 0.05) is 0 Å². The highest BCUT2D eigenvalue weighted by atomic mass is 35.5. The first-order valence-corrected chi connectivity index (χ1v) is 7.52. The maximum Gasteiger partial charge on any atom is 0.416 e. The molecule has 0 saturated heterocycles. The lowest BCUT2D eigenvalue weighted by atomic mass is 10.1. The molecule has 0 aromatic heterocycles. The van der Waals surface area contributed by atoms with Crippen molar-refractivity contribution in [1.82, 2.24) is 0 Å². The van der Waals surface area contributed by atoms with E-state index in [1.807, 2.05) is 0 Å². The number of carbonyl (C=O) groups is 1. The van der Waals surface area contributed by atoms with E-state index in [-0.39, 0.29) is 26.9 Å². The highest BCUT2D eigenvalue weighted by Gasteiger charge is 2.29. The smallest absolute Gasteiger partial charge is 0.320 e. The summed E-state index contributed by atoms with van der Waals surface area (Å²) in [4.78, 5) is 12.2. The molecular formula is C17H9Cl2F3N2O. The molecule has 0 bridgehead atoms. The van der Waals surface area contributed by atoms with Gasteiger partial charge in [-0.15, -0.1) is 0 Å². The molecule has 0 aliphatic carbocycles. The highest BCUT2D eigenvalue weighted by Crippen LogP contribution is 2.30. The average Bonchev–Trinajstić information content (AvgIpc) is 2.56. The van der Waals surface area contributed by atoms with Gasteiger partial charge in [-0.25, -0.2) is 0 Å². The van der Waals surface area contributed by atoms with E-state index in [4.69, 9.17) is 28.5 Å². The van der Waals surface area contributed by atoms with E-state index in [9.17, 15) is 18.0 Å². The van der Waals surface area contributed by atoms with Crippen LogP contribution < -0.4 is 5.32 Å². The zero-order valence-electron chi connectivity index (χ0n) is 12.4. The monoisotopic (exact) mass is 384 g/mol. The molecule has 0 saturated carbocycles. The Hall–Kier alpha value is -2.49. The summed E-state index contributed by atoms with van der Waals surface area (Å²) in [5.41, 5.74) is -0.626. The van der Waals surface area contributed by atoms with E-state index in [2.05, 4.69) is 5.32 Å². The Labute approximate surface area is 151 Å². The second-order valence-electron chi connectivity index (χ2n) is 4.85. The number of hydrogen-bond donors (Lipinski definition) is 1. The SMILES string of the molecule is N#C/C(=C\c1ccc(C(F)(F)F)cc1)C(=O)Nc1cccc(Cl)c1Cl. The van der Waals surface area contributed by atoms with Crippen LogP contribution in [0.1, 0.15) is 11.1 Å². The maximum atomic E-state index is 12.5. The van der Waals surface area contributed by atoms with Gasteiger partial charge in [-0.1, -0.05) is 41.4 Å². The van der Waals surface area contributed by atoms with E-state index in [0.29, 0.717) is 0 Å². The second kappa shape index (κ2) is 7.60. The molecule has 128 valence electrons. The molecule has 3 nitrogen and oxygen atoms in total. The summed E-state index contributed by atoms with van der Waals surface area (Å²) >= 11 is 11.8. The number of nitrogens with zero attached hydrogens (tertiary/aromatic N) is 1. The van der Waals surface area contributed by atoms with Crippen LogP contribution in [0.5, 0.6) is 0 Å². The molecule has 0 fully saturated rings. The van der Waals surface area contributed by atoms with Gasteiger partial charge >= 0.3 is 6.18 Å². The molecule has 0 heterocycles. The number of nitrogens with one attached hydrogen (secondary N) is 1. The van der Waals surface area contributed by atoms with Crippen molar-refractivity contribution in [2.24, 2.45) is 0 Å². The predicted octanol–water partition coefficient (Wildman–Crippen LogP) is 5.56. The molecule has 2 aromatic rings. The standard InChI is InChI=1S/C17H9Cl2F3N2O/c18-13-2-1-3-14(15(13)19)24-16(25)11(9-23)8-10-4-6-12(7-5-10)17(20,21)22/h1-8H,(H,24,25)/b11-8+. The van der Waals surface area contributed by atoms with E-state index in [1.54, 1.807) is 12.1 Å². The number of halogens is 5. The number of benzene rings is 2. The van der Waals surface area contributed by atoms with Gasteiger partial charge in [0.15, 0.2) is 0 Å². The zero-order valence-corrected chi connectivity index (χ0v) is 13.9. The van der Waals surface area contributed by atoms with Crippen LogP contribution in [-0.4, -0.2) is 5.91 Å². The van der Waals surface area contributed by atoms with Gasteiger partial charge < -0.3 is 5.32 Å². The Kier molecular flexibility index (Phi) is 5.73. The lowest BCUT2D eigenvalue weighted by Crippen LogP contribution is -2.13. The summed E-state index contributed by atoms with van der Waals surface area (Å²) < 4.78 is 37.6. The topological polar surface area (TPSA) is 52.9 Å². The minimum atomic E-state index is -4.46. The van der Waals surface area contributed by atoms with Gasteiger partial charge in [0.05, 0.1) is 21.3 Å². The van der Waals surface area contributed by atoms with Gasteiger partial charge in [0.1, 0.15) is 11.6 Å². The molecule has 0 aliphatic rings. The van der Waals surface area contributed by atoms with Crippen LogP contribution in [0, 0.1) is 11.3 Å². The fourth-order valence-electron chi connectivity index (χ4n) is 1.87. The number of nitriles is 1. The lowest BCUT2D eigenvalue weighted by molar-refractivity contribution is -0.137. The molecule has 1 N–H and O–H groups in total. The third-order valence-electron chi connectivity index (χ3n) is 3.11. The molecule has 1 amide bonds. The van der Waals surface area contributed by atoms with Crippen LogP contribution in [0.15, 0.2) is 48.0 Å². The summed E-state index contributed by atoms with van der Waals surface area (Å²) in [6.07, 6.45) is -3.28. The summed E-state index contributed by atoms with van der Waals surface area (Å²) in [6, 6.07) is 10.4. The van der Waals surface area contributed by atoms with Gasteiger partial charge in [-0.2, -0.15) is 18.4 Å². The molecule has 2 rings (SSSR count). The van der Waals surface area contributed by atoms with Crippen LogP contribution in [0.4, 0.5) is 18.9 Å². The number of carbonyl (C=O) groups excluding carboxylic acids is 1. The minimum Gasteiger partial charge on any atom is -0.320 e. The maximum absolute atomic E-state index is 12.5. The van der Waals surface area contributed by atoms with Crippen LogP contribution in [-0.2, 0) is 11.0 Å². The van der Waals surface area contributed by atoms with E-state index < -0.39 is 17.6 Å². The van der Waals surface area contributed by atoms with Crippen LogP contribution in [0.2, 0.25) is 10.0 Å². The summed E-state index contributed by atoms with van der Waals surface area (Å²) in [5.74, 6) is -0.758.